The van der Waals surface area contributed by atoms with Gasteiger partial charge in [-0.05, 0) is 100 Å². The largest absolute Gasteiger partial charge is 0.309 e. The molecule has 0 radical (unpaired) electrons. The number of benzene rings is 8. The fraction of sp³-hybridized carbons (Fsp3) is 0. The predicted molar refractivity (Wildman–Crippen MR) is 211 cm³/mol. The zero-order valence-corrected chi connectivity index (χ0v) is 27.4. The van der Waals surface area contributed by atoms with Crippen molar-refractivity contribution in [3.63, 3.8) is 0 Å². The Morgan fingerprint density at radius 2 is 0.540 bits per heavy atom. The SMILES string of the molecule is c1ccc(-c2cc(-c3cccc(-n4c5ccccc5c5ccccc54)c3)cc(-c3cccc(-n4c5ccccc5c5ccccc54)c3)c2)cc1. The Kier molecular flexibility index (Phi) is 6.53. The lowest BCUT2D eigenvalue weighted by molar-refractivity contribution is 1.18. The number of rotatable bonds is 5. The molecule has 0 aliphatic carbocycles. The van der Waals surface area contributed by atoms with Gasteiger partial charge in [-0.3, -0.25) is 0 Å². The van der Waals surface area contributed by atoms with Gasteiger partial charge in [0.25, 0.3) is 0 Å². The van der Waals surface area contributed by atoms with Crippen LogP contribution >= 0.6 is 0 Å². The van der Waals surface area contributed by atoms with Crippen LogP contribution in [-0.2, 0) is 0 Å². The van der Waals surface area contributed by atoms with E-state index in [0.717, 1.165) is 11.4 Å². The minimum absolute atomic E-state index is 1.15. The third-order valence-corrected chi connectivity index (χ3v) is 10.1. The predicted octanol–water partition coefficient (Wildman–Crippen LogP) is 12.9. The lowest BCUT2D eigenvalue weighted by atomic mass is 9.93. The summed E-state index contributed by atoms with van der Waals surface area (Å²) in [6.45, 7) is 0. The van der Waals surface area contributed by atoms with E-state index in [1.165, 1.54) is 77.0 Å². The molecule has 2 nitrogen and oxygen atoms in total. The molecule has 0 bridgehead atoms. The molecular weight excluding hydrogens is 605 g/mol. The van der Waals surface area contributed by atoms with Gasteiger partial charge in [-0.25, -0.2) is 0 Å². The third kappa shape index (κ3) is 4.57. The molecule has 2 heterocycles. The van der Waals surface area contributed by atoms with Crippen LogP contribution in [0.15, 0.2) is 194 Å². The van der Waals surface area contributed by atoms with E-state index in [9.17, 15) is 0 Å². The molecule has 0 aliphatic rings. The van der Waals surface area contributed by atoms with Crippen LogP contribution in [0.3, 0.4) is 0 Å². The summed E-state index contributed by atoms with van der Waals surface area (Å²) in [4.78, 5) is 0. The summed E-state index contributed by atoms with van der Waals surface area (Å²) < 4.78 is 4.79. The Labute approximate surface area is 290 Å². The van der Waals surface area contributed by atoms with Crippen molar-refractivity contribution in [1.82, 2.24) is 9.13 Å². The van der Waals surface area contributed by atoms with Gasteiger partial charge in [0.1, 0.15) is 0 Å². The minimum atomic E-state index is 1.15. The number of para-hydroxylation sites is 4. The van der Waals surface area contributed by atoms with Crippen LogP contribution in [0.1, 0.15) is 0 Å². The molecule has 50 heavy (non-hydrogen) atoms. The summed E-state index contributed by atoms with van der Waals surface area (Å²) in [6.07, 6.45) is 0. The minimum Gasteiger partial charge on any atom is -0.309 e. The maximum atomic E-state index is 2.39. The highest BCUT2D eigenvalue weighted by Crippen LogP contribution is 2.38. The summed E-state index contributed by atoms with van der Waals surface area (Å²) in [5, 5.41) is 5.07. The van der Waals surface area contributed by atoms with Gasteiger partial charge < -0.3 is 9.13 Å². The molecule has 0 saturated heterocycles. The van der Waals surface area contributed by atoms with Crippen molar-refractivity contribution in [1.29, 1.82) is 0 Å². The van der Waals surface area contributed by atoms with Crippen LogP contribution in [0.5, 0.6) is 0 Å². The van der Waals surface area contributed by atoms with Gasteiger partial charge in [0.2, 0.25) is 0 Å². The van der Waals surface area contributed by atoms with Gasteiger partial charge in [0.05, 0.1) is 22.1 Å². The second kappa shape index (κ2) is 11.5. The molecule has 0 amide bonds. The standard InChI is InChI=1S/C48H32N2/c1-2-14-33(15-3-1)36-28-37(34-16-12-18-39(31-34)49-45-24-8-4-20-41(45)42-21-5-9-25-46(42)49)30-38(29-36)35-17-13-19-40(32-35)50-47-26-10-6-22-43(47)44-23-7-11-27-48(44)50/h1-32H. The van der Waals surface area contributed by atoms with Gasteiger partial charge in [-0.2, -0.15) is 0 Å². The van der Waals surface area contributed by atoms with Crippen molar-refractivity contribution >= 4 is 43.6 Å². The molecule has 0 saturated carbocycles. The number of aromatic nitrogens is 2. The maximum Gasteiger partial charge on any atom is 0.0541 e. The second-order valence-electron chi connectivity index (χ2n) is 13.0. The van der Waals surface area contributed by atoms with Crippen LogP contribution in [0.4, 0.5) is 0 Å². The normalized spacial score (nSPS) is 11.6. The van der Waals surface area contributed by atoms with Crippen LogP contribution < -0.4 is 0 Å². The number of nitrogens with zero attached hydrogens (tertiary/aromatic N) is 2. The average molecular weight is 637 g/mol. The molecule has 234 valence electrons. The Balaban J connectivity index is 1.15. The van der Waals surface area contributed by atoms with E-state index >= 15 is 0 Å². The highest BCUT2D eigenvalue weighted by atomic mass is 15.0. The van der Waals surface area contributed by atoms with Crippen LogP contribution in [0.25, 0.3) is 88.4 Å². The van der Waals surface area contributed by atoms with E-state index in [4.69, 9.17) is 0 Å². The van der Waals surface area contributed by atoms with Crippen molar-refractivity contribution in [3.8, 4) is 44.8 Å². The average Bonchev–Trinajstić information content (AvgIpc) is 3.71. The zero-order chi connectivity index (χ0) is 33.0. The first-order valence-electron chi connectivity index (χ1n) is 17.2. The van der Waals surface area contributed by atoms with Crippen molar-refractivity contribution in [2.75, 3.05) is 0 Å². The van der Waals surface area contributed by atoms with E-state index in [2.05, 4.69) is 203 Å². The molecular formula is C48H32N2. The summed E-state index contributed by atoms with van der Waals surface area (Å²) in [7, 11) is 0. The molecule has 0 atom stereocenters. The smallest absolute Gasteiger partial charge is 0.0541 e. The summed E-state index contributed by atoms with van der Waals surface area (Å²) in [6, 6.07) is 70.5. The first-order valence-corrected chi connectivity index (χ1v) is 17.2. The number of fused-ring (bicyclic) bond motifs is 6. The van der Waals surface area contributed by atoms with Crippen molar-refractivity contribution < 1.29 is 0 Å². The van der Waals surface area contributed by atoms with E-state index in [0.29, 0.717) is 0 Å². The van der Waals surface area contributed by atoms with Gasteiger partial charge in [0, 0.05) is 32.9 Å². The van der Waals surface area contributed by atoms with Crippen LogP contribution in [0.2, 0.25) is 0 Å². The third-order valence-electron chi connectivity index (χ3n) is 10.1. The van der Waals surface area contributed by atoms with Crippen LogP contribution in [0, 0.1) is 0 Å². The second-order valence-corrected chi connectivity index (χ2v) is 13.0. The van der Waals surface area contributed by atoms with Crippen molar-refractivity contribution in [2.45, 2.75) is 0 Å². The van der Waals surface area contributed by atoms with Gasteiger partial charge in [-0.1, -0.05) is 127 Å². The summed E-state index contributed by atoms with van der Waals surface area (Å²) in [5.41, 5.74) is 14.3. The van der Waals surface area contributed by atoms with Gasteiger partial charge in [0.15, 0.2) is 0 Å². The fourth-order valence-electron chi connectivity index (χ4n) is 7.81. The zero-order valence-electron chi connectivity index (χ0n) is 27.4. The highest BCUT2D eigenvalue weighted by Gasteiger charge is 2.15. The number of hydrogen-bond donors (Lipinski definition) is 0. The van der Waals surface area contributed by atoms with E-state index < -0.39 is 0 Å². The monoisotopic (exact) mass is 636 g/mol. The molecule has 8 aromatic carbocycles. The van der Waals surface area contributed by atoms with Crippen molar-refractivity contribution in [3.05, 3.63) is 194 Å². The Bertz CT molecular complexity index is 2590. The van der Waals surface area contributed by atoms with E-state index in [-0.39, 0.29) is 0 Å². The quantitative estimate of drug-likeness (QED) is 0.178. The maximum absolute atomic E-state index is 2.39. The molecule has 2 heteroatoms. The topological polar surface area (TPSA) is 9.86 Å². The number of hydrogen-bond acceptors (Lipinski definition) is 0. The van der Waals surface area contributed by atoms with Crippen LogP contribution in [-0.4, -0.2) is 9.13 Å². The molecule has 0 N–H and O–H groups in total. The highest BCUT2D eigenvalue weighted by molar-refractivity contribution is 6.10. The molecule has 0 spiro atoms. The molecule has 10 aromatic rings. The van der Waals surface area contributed by atoms with E-state index in [1.807, 2.05) is 0 Å². The lowest BCUT2D eigenvalue weighted by Gasteiger charge is -2.15. The molecule has 10 rings (SSSR count). The Morgan fingerprint density at radius 3 is 0.940 bits per heavy atom. The molecule has 0 aliphatic heterocycles. The molecule has 0 unspecified atom stereocenters. The van der Waals surface area contributed by atoms with Crippen molar-refractivity contribution in [2.24, 2.45) is 0 Å². The fourth-order valence-corrected chi connectivity index (χ4v) is 7.81. The first kappa shape index (κ1) is 28.4. The van der Waals surface area contributed by atoms with Gasteiger partial charge in [-0.15, -0.1) is 0 Å². The van der Waals surface area contributed by atoms with Gasteiger partial charge >= 0.3 is 0 Å². The molecule has 0 fully saturated rings. The molecule has 2 aromatic heterocycles. The lowest BCUT2D eigenvalue weighted by Crippen LogP contribution is -1.95. The summed E-state index contributed by atoms with van der Waals surface area (Å²) >= 11 is 0. The Morgan fingerprint density at radius 1 is 0.220 bits per heavy atom. The Hall–Kier alpha value is -6.64. The van der Waals surface area contributed by atoms with E-state index in [1.54, 1.807) is 0 Å². The summed E-state index contributed by atoms with van der Waals surface area (Å²) in [5.74, 6) is 0. The first-order chi connectivity index (χ1) is 24.8.